The Morgan fingerprint density at radius 1 is 1.46 bits per heavy atom. The van der Waals surface area contributed by atoms with Crippen molar-refractivity contribution < 1.29 is 0 Å². The third-order valence-corrected chi connectivity index (χ3v) is 3.55. The van der Waals surface area contributed by atoms with E-state index in [4.69, 9.17) is 0 Å². The molecule has 2 aromatic heterocycles. The lowest BCUT2D eigenvalue weighted by atomic mass is 10.0. The normalized spacial score (nSPS) is 11.4. The number of halogens is 1. The molecule has 2 aromatic rings. The van der Waals surface area contributed by atoms with E-state index in [-0.39, 0.29) is 0 Å². The quantitative estimate of drug-likeness (QED) is 0.780. The molecule has 0 N–H and O–H groups in total. The second-order valence-corrected chi connectivity index (χ2v) is 4.71. The molecule has 0 bridgehead atoms. The SMILES string of the molecule is CC(C)c1ccnc2snc(Br)c12. The van der Waals surface area contributed by atoms with Crippen LogP contribution in [0.2, 0.25) is 0 Å². The summed E-state index contributed by atoms with van der Waals surface area (Å²) in [6.45, 7) is 4.36. The fraction of sp³-hybridized carbons (Fsp3) is 0.333. The minimum Gasteiger partial charge on any atom is -0.244 e. The fourth-order valence-electron chi connectivity index (χ4n) is 1.34. The zero-order chi connectivity index (χ0) is 9.42. The van der Waals surface area contributed by atoms with Crippen molar-refractivity contribution >= 4 is 37.7 Å². The molecule has 4 heteroatoms. The highest BCUT2D eigenvalue weighted by Gasteiger charge is 2.11. The zero-order valence-corrected chi connectivity index (χ0v) is 9.82. The summed E-state index contributed by atoms with van der Waals surface area (Å²) in [5.41, 5.74) is 1.31. The van der Waals surface area contributed by atoms with E-state index in [9.17, 15) is 0 Å². The second-order valence-electron chi connectivity index (χ2n) is 3.21. The summed E-state index contributed by atoms with van der Waals surface area (Å²) >= 11 is 4.88. The standard InChI is InChI=1S/C9H9BrN2S/c1-5(2)6-3-4-11-9-7(6)8(10)12-13-9/h3-5H,1-2H3. The molecule has 0 atom stereocenters. The number of hydrogen-bond acceptors (Lipinski definition) is 3. The number of nitrogens with zero attached hydrogens (tertiary/aromatic N) is 2. The Kier molecular flexibility index (Phi) is 2.34. The number of rotatable bonds is 1. The van der Waals surface area contributed by atoms with Gasteiger partial charge >= 0.3 is 0 Å². The first kappa shape index (κ1) is 9.09. The van der Waals surface area contributed by atoms with Crippen molar-refractivity contribution in [3.8, 4) is 0 Å². The van der Waals surface area contributed by atoms with E-state index in [0.717, 1.165) is 9.43 Å². The van der Waals surface area contributed by atoms with Gasteiger partial charge in [-0.15, -0.1) is 0 Å². The summed E-state index contributed by atoms with van der Waals surface area (Å²) in [4.78, 5) is 5.28. The molecular formula is C9H9BrN2S. The lowest BCUT2D eigenvalue weighted by molar-refractivity contribution is 0.874. The van der Waals surface area contributed by atoms with E-state index >= 15 is 0 Å². The predicted octanol–water partition coefficient (Wildman–Crippen LogP) is 3.58. The largest absolute Gasteiger partial charge is 0.244 e. The van der Waals surface area contributed by atoms with Crippen LogP contribution >= 0.6 is 27.5 Å². The molecular weight excluding hydrogens is 248 g/mol. The van der Waals surface area contributed by atoms with Gasteiger partial charge < -0.3 is 0 Å². The third-order valence-electron chi connectivity index (χ3n) is 1.99. The van der Waals surface area contributed by atoms with E-state index < -0.39 is 0 Å². The molecule has 2 heterocycles. The average Bonchev–Trinajstić information content (AvgIpc) is 2.48. The Morgan fingerprint density at radius 2 is 2.23 bits per heavy atom. The Hall–Kier alpha value is -0.480. The molecule has 0 spiro atoms. The summed E-state index contributed by atoms with van der Waals surface area (Å²) in [5, 5.41) is 1.17. The van der Waals surface area contributed by atoms with Crippen LogP contribution in [-0.4, -0.2) is 9.36 Å². The van der Waals surface area contributed by atoms with Crippen molar-refractivity contribution in [3.05, 3.63) is 22.4 Å². The van der Waals surface area contributed by atoms with E-state index in [1.54, 1.807) is 0 Å². The van der Waals surface area contributed by atoms with Gasteiger partial charge in [0.2, 0.25) is 0 Å². The molecule has 0 aliphatic heterocycles. The Bertz CT molecular complexity index is 436. The van der Waals surface area contributed by atoms with Gasteiger partial charge in [0.25, 0.3) is 0 Å². The van der Waals surface area contributed by atoms with Crippen LogP contribution in [-0.2, 0) is 0 Å². The van der Waals surface area contributed by atoms with Crippen molar-refractivity contribution in [2.24, 2.45) is 0 Å². The molecule has 0 radical (unpaired) electrons. The topological polar surface area (TPSA) is 25.8 Å². The van der Waals surface area contributed by atoms with E-state index in [1.165, 1.54) is 22.5 Å². The molecule has 13 heavy (non-hydrogen) atoms. The van der Waals surface area contributed by atoms with E-state index in [1.807, 2.05) is 6.20 Å². The van der Waals surface area contributed by atoms with Gasteiger partial charge in [-0.05, 0) is 45.0 Å². The molecule has 2 rings (SSSR count). The van der Waals surface area contributed by atoms with Crippen LogP contribution in [0.1, 0.15) is 25.3 Å². The summed E-state index contributed by atoms with van der Waals surface area (Å²) in [6.07, 6.45) is 1.85. The molecule has 0 aromatic carbocycles. The molecule has 2 nitrogen and oxygen atoms in total. The van der Waals surface area contributed by atoms with Crippen LogP contribution in [0.4, 0.5) is 0 Å². The van der Waals surface area contributed by atoms with Gasteiger partial charge in [0.15, 0.2) is 0 Å². The molecule has 0 unspecified atom stereocenters. The van der Waals surface area contributed by atoms with Crippen LogP contribution in [0.3, 0.4) is 0 Å². The summed E-state index contributed by atoms with van der Waals surface area (Å²) in [6, 6.07) is 2.06. The molecule has 0 saturated heterocycles. The van der Waals surface area contributed by atoms with Gasteiger partial charge in [-0.3, -0.25) is 0 Å². The zero-order valence-electron chi connectivity index (χ0n) is 7.41. The van der Waals surface area contributed by atoms with Crippen LogP contribution in [0.15, 0.2) is 16.9 Å². The lowest BCUT2D eigenvalue weighted by Gasteiger charge is -2.05. The van der Waals surface area contributed by atoms with Gasteiger partial charge in [-0.1, -0.05) is 13.8 Å². The third kappa shape index (κ3) is 1.48. The molecule has 0 saturated carbocycles. The first-order valence-electron chi connectivity index (χ1n) is 4.10. The van der Waals surface area contributed by atoms with Crippen molar-refractivity contribution in [1.82, 2.24) is 9.36 Å². The molecule has 0 fully saturated rings. The Labute approximate surface area is 89.3 Å². The Balaban J connectivity index is 2.80. The summed E-state index contributed by atoms with van der Waals surface area (Å²) < 4.78 is 5.16. The molecule has 0 amide bonds. The smallest absolute Gasteiger partial charge is 0.144 e. The lowest BCUT2D eigenvalue weighted by Crippen LogP contribution is -1.88. The molecule has 68 valence electrons. The summed E-state index contributed by atoms with van der Waals surface area (Å²) in [5.74, 6) is 0.512. The van der Waals surface area contributed by atoms with Crippen LogP contribution < -0.4 is 0 Å². The van der Waals surface area contributed by atoms with Crippen molar-refractivity contribution in [2.75, 3.05) is 0 Å². The predicted molar refractivity (Wildman–Crippen MR) is 59.2 cm³/mol. The van der Waals surface area contributed by atoms with Gasteiger partial charge in [0.05, 0.1) is 0 Å². The maximum atomic E-state index is 4.27. The fourth-order valence-corrected chi connectivity index (χ4v) is 2.78. The van der Waals surface area contributed by atoms with E-state index in [2.05, 4.69) is 45.2 Å². The summed E-state index contributed by atoms with van der Waals surface area (Å²) in [7, 11) is 0. The van der Waals surface area contributed by atoms with Crippen LogP contribution in [0, 0.1) is 0 Å². The minimum atomic E-state index is 0.512. The maximum absolute atomic E-state index is 4.27. The van der Waals surface area contributed by atoms with Crippen molar-refractivity contribution in [3.63, 3.8) is 0 Å². The van der Waals surface area contributed by atoms with Gasteiger partial charge in [0.1, 0.15) is 9.43 Å². The highest BCUT2D eigenvalue weighted by atomic mass is 79.9. The van der Waals surface area contributed by atoms with Crippen LogP contribution in [0.5, 0.6) is 0 Å². The number of pyridine rings is 1. The highest BCUT2D eigenvalue weighted by molar-refractivity contribution is 9.10. The van der Waals surface area contributed by atoms with Crippen molar-refractivity contribution in [1.29, 1.82) is 0 Å². The van der Waals surface area contributed by atoms with Crippen molar-refractivity contribution in [2.45, 2.75) is 19.8 Å². The first-order valence-corrected chi connectivity index (χ1v) is 5.66. The Morgan fingerprint density at radius 3 is 2.92 bits per heavy atom. The van der Waals surface area contributed by atoms with Gasteiger partial charge in [-0.25, -0.2) is 4.98 Å². The average molecular weight is 257 g/mol. The first-order chi connectivity index (χ1) is 6.20. The van der Waals surface area contributed by atoms with E-state index in [0.29, 0.717) is 5.92 Å². The molecule has 0 aliphatic carbocycles. The molecule has 0 aliphatic rings. The maximum Gasteiger partial charge on any atom is 0.144 e. The van der Waals surface area contributed by atoms with Crippen LogP contribution in [0.25, 0.3) is 10.2 Å². The second kappa shape index (κ2) is 3.35. The number of fused-ring (bicyclic) bond motifs is 1. The minimum absolute atomic E-state index is 0.512. The monoisotopic (exact) mass is 256 g/mol. The van der Waals surface area contributed by atoms with Gasteiger partial charge in [0, 0.05) is 11.6 Å². The number of aromatic nitrogens is 2. The highest BCUT2D eigenvalue weighted by Crippen LogP contribution is 2.31. The van der Waals surface area contributed by atoms with Gasteiger partial charge in [-0.2, -0.15) is 4.37 Å². The number of hydrogen-bond donors (Lipinski definition) is 0.